The first-order valence-electron chi connectivity index (χ1n) is 7.72. The molecule has 5 rings (SSSR count). The molecule has 3 heterocycles. The van der Waals surface area contributed by atoms with Crippen molar-refractivity contribution in [1.82, 2.24) is 19.5 Å². The molecule has 0 aliphatic rings. The molecule has 0 saturated heterocycles. The van der Waals surface area contributed by atoms with Gasteiger partial charge < -0.3 is 0 Å². The number of imidazole rings is 1. The molecule has 0 unspecified atom stereocenters. The van der Waals surface area contributed by atoms with Crippen molar-refractivity contribution in [3.05, 3.63) is 71.6 Å². The van der Waals surface area contributed by atoms with Gasteiger partial charge in [0.15, 0.2) is 5.82 Å². The average molecular weight is 363 g/mol. The lowest BCUT2D eigenvalue weighted by molar-refractivity contribution is 1.02. The smallest absolute Gasteiger partial charge is 0.151 e. The molecular weight excluding hydrogens is 352 g/mol. The summed E-state index contributed by atoms with van der Waals surface area (Å²) in [5.74, 6) is 0.838. The van der Waals surface area contributed by atoms with Gasteiger partial charge in [0.2, 0.25) is 0 Å². The minimum atomic E-state index is 0.723. The second kappa shape index (κ2) is 5.65. The first kappa shape index (κ1) is 14.6. The van der Waals surface area contributed by atoms with Gasteiger partial charge in [0.25, 0.3) is 0 Å². The highest BCUT2D eigenvalue weighted by molar-refractivity contribution is 7.17. The lowest BCUT2D eigenvalue weighted by Gasteiger charge is -2.07. The predicted octanol–water partition coefficient (Wildman–Crippen LogP) is 5.35. The lowest BCUT2D eigenvalue weighted by Crippen LogP contribution is -1.97. The van der Waals surface area contributed by atoms with Crippen LogP contribution in [-0.2, 0) is 0 Å². The fourth-order valence-corrected chi connectivity index (χ4v) is 4.05. The Hall–Kier alpha value is -2.76. The predicted molar refractivity (Wildman–Crippen MR) is 102 cm³/mol. The van der Waals surface area contributed by atoms with Crippen LogP contribution in [0.5, 0.6) is 0 Å². The second-order valence-electron chi connectivity index (χ2n) is 5.64. The van der Waals surface area contributed by atoms with Crippen molar-refractivity contribution in [2.75, 3.05) is 0 Å². The Balaban J connectivity index is 1.82. The van der Waals surface area contributed by atoms with Crippen LogP contribution in [0.4, 0.5) is 0 Å². The molecule has 5 aromatic rings. The molecule has 0 radical (unpaired) electrons. The van der Waals surface area contributed by atoms with Crippen LogP contribution < -0.4 is 0 Å². The Kier molecular flexibility index (Phi) is 3.29. The van der Waals surface area contributed by atoms with Gasteiger partial charge in [-0.05, 0) is 29.8 Å². The average Bonchev–Trinajstić information content (AvgIpc) is 3.26. The van der Waals surface area contributed by atoms with Gasteiger partial charge in [-0.15, -0.1) is 11.3 Å². The van der Waals surface area contributed by atoms with Crippen molar-refractivity contribution in [2.45, 2.75) is 0 Å². The molecule has 25 heavy (non-hydrogen) atoms. The number of hydrogen-bond donors (Lipinski definition) is 0. The molecule has 3 aromatic heterocycles. The van der Waals surface area contributed by atoms with Crippen LogP contribution in [-0.4, -0.2) is 19.5 Å². The maximum Gasteiger partial charge on any atom is 0.151 e. The largest absolute Gasteiger partial charge is 0.282 e. The molecule has 2 aromatic carbocycles. The van der Waals surface area contributed by atoms with E-state index >= 15 is 0 Å². The van der Waals surface area contributed by atoms with Crippen molar-refractivity contribution in [3.63, 3.8) is 0 Å². The quantitative estimate of drug-likeness (QED) is 0.425. The summed E-state index contributed by atoms with van der Waals surface area (Å²) in [6.45, 7) is 0. The zero-order valence-corrected chi connectivity index (χ0v) is 14.5. The molecule has 0 amide bonds. The standard InChI is InChI=1S/C19H11ClN4S/c20-13-7-5-12(6-8-13)14-9-25-19-17(14)18(21-10-22-19)24-11-23-15-3-1-2-4-16(15)24/h1-11H. The minimum Gasteiger partial charge on any atom is -0.282 e. The summed E-state index contributed by atoms with van der Waals surface area (Å²) in [7, 11) is 0. The maximum atomic E-state index is 6.03. The summed E-state index contributed by atoms with van der Waals surface area (Å²) in [5, 5.41) is 3.86. The van der Waals surface area contributed by atoms with E-state index in [-0.39, 0.29) is 0 Å². The van der Waals surface area contributed by atoms with Gasteiger partial charge in [-0.3, -0.25) is 4.57 Å². The highest BCUT2D eigenvalue weighted by Gasteiger charge is 2.16. The van der Waals surface area contributed by atoms with Gasteiger partial charge in [0.05, 0.1) is 16.4 Å². The summed E-state index contributed by atoms with van der Waals surface area (Å²) in [6, 6.07) is 15.9. The first-order chi connectivity index (χ1) is 12.3. The van der Waals surface area contributed by atoms with Crippen LogP contribution in [0, 0.1) is 0 Å². The summed E-state index contributed by atoms with van der Waals surface area (Å²) in [6.07, 6.45) is 3.42. The van der Waals surface area contributed by atoms with Gasteiger partial charge in [-0.25, -0.2) is 15.0 Å². The van der Waals surface area contributed by atoms with Gasteiger partial charge >= 0.3 is 0 Å². The third-order valence-corrected chi connectivity index (χ3v) is 5.33. The summed E-state index contributed by atoms with van der Waals surface area (Å²) in [5.41, 5.74) is 4.16. The highest BCUT2D eigenvalue weighted by Crippen LogP contribution is 2.36. The number of thiophene rings is 1. The normalized spacial score (nSPS) is 11.4. The minimum absolute atomic E-state index is 0.723. The van der Waals surface area contributed by atoms with E-state index in [1.165, 1.54) is 0 Å². The van der Waals surface area contributed by atoms with E-state index in [2.05, 4.69) is 20.3 Å². The zero-order chi connectivity index (χ0) is 16.8. The van der Waals surface area contributed by atoms with E-state index < -0.39 is 0 Å². The van der Waals surface area contributed by atoms with Gasteiger partial charge in [0, 0.05) is 16.0 Å². The van der Waals surface area contributed by atoms with Crippen molar-refractivity contribution in [1.29, 1.82) is 0 Å². The van der Waals surface area contributed by atoms with Gasteiger partial charge in [-0.2, -0.15) is 0 Å². The molecule has 0 atom stereocenters. The molecule has 0 saturated carbocycles. The van der Waals surface area contributed by atoms with Gasteiger partial charge in [0.1, 0.15) is 17.5 Å². The molecule has 0 N–H and O–H groups in total. The van der Waals surface area contributed by atoms with E-state index in [0.717, 1.165) is 43.2 Å². The number of benzene rings is 2. The Morgan fingerprint density at radius 3 is 2.64 bits per heavy atom. The molecule has 0 bridgehead atoms. The summed E-state index contributed by atoms with van der Waals surface area (Å²) >= 11 is 7.65. The molecule has 0 aliphatic heterocycles. The zero-order valence-electron chi connectivity index (χ0n) is 12.9. The monoisotopic (exact) mass is 362 g/mol. The molecule has 120 valence electrons. The van der Waals surface area contributed by atoms with E-state index in [1.54, 1.807) is 17.7 Å². The highest BCUT2D eigenvalue weighted by atomic mass is 35.5. The molecule has 6 heteroatoms. The Morgan fingerprint density at radius 1 is 0.920 bits per heavy atom. The maximum absolute atomic E-state index is 6.03. The number of rotatable bonds is 2. The summed E-state index contributed by atoms with van der Waals surface area (Å²) < 4.78 is 2.02. The third kappa shape index (κ3) is 2.32. The first-order valence-corrected chi connectivity index (χ1v) is 8.97. The van der Waals surface area contributed by atoms with Crippen LogP contribution in [0.15, 0.2) is 66.6 Å². The van der Waals surface area contributed by atoms with Crippen LogP contribution in [0.3, 0.4) is 0 Å². The Labute approximate surface area is 152 Å². The van der Waals surface area contributed by atoms with Crippen LogP contribution >= 0.6 is 22.9 Å². The van der Waals surface area contributed by atoms with E-state index in [0.29, 0.717) is 0 Å². The molecule has 0 fully saturated rings. The van der Waals surface area contributed by atoms with Crippen LogP contribution in [0.2, 0.25) is 5.02 Å². The second-order valence-corrected chi connectivity index (χ2v) is 6.93. The number of nitrogens with zero attached hydrogens (tertiary/aromatic N) is 4. The number of para-hydroxylation sites is 2. The van der Waals surface area contributed by atoms with Crippen molar-refractivity contribution < 1.29 is 0 Å². The molecule has 0 aliphatic carbocycles. The van der Waals surface area contributed by atoms with E-state index in [1.807, 2.05) is 59.4 Å². The van der Waals surface area contributed by atoms with E-state index in [9.17, 15) is 0 Å². The van der Waals surface area contributed by atoms with Crippen LogP contribution in [0.1, 0.15) is 0 Å². The fourth-order valence-electron chi connectivity index (χ4n) is 3.01. The lowest BCUT2D eigenvalue weighted by atomic mass is 10.1. The third-order valence-electron chi connectivity index (χ3n) is 4.19. The van der Waals surface area contributed by atoms with Gasteiger partial charge in [-0.1, -0.05) is 35.9 Å². The number of fused-ring (bicyclic) bond motifs is 2. The SMILES string of the molecule is Clc1ccc(-c2csc3ncnc(-n4cnc5ccccc54)c23)cc1. The molecular formula is C19H11ClN4S. The van der Waals surface area contributed by atoms with Crippen LogP contribution in [0.25, 0.3) is 38.2 Å². The van der Waals surface area contributed by atoms with Crippen molar-refractivity contribution in [2.24, 2.45) is 0 Å². The Bertz CT molecular complexity index is 1210. The number of aromatic nitrogens is 4. The molecule has 4 nitrogen and oxygen atoms in total. The number of halogens is 1. The van der Waals surface area contributed by atoms with Crippen molar-refractivity contribution >= 4 is 44.2 Å². The number of hydrogen-bond acceptors (Lipinski definition) is 4. The fraction of sp³-hybridized carbons (Fsp3) is 0. The van der Waals surface area contributed by atoms with Crippen molar-refractivity contribution in [3.8, 4) is 16.9 Å². The summed E-state index contributed by atoms with van der Waals surface area (Å²) in [4.78, 5) is 14.5. The topological polar surface area (TPSA) is 43.6 Å². The Morgan fingerprint density at radius 2 is 1.76 bits per heavy atom. The molecule has 0 spiro atoms. The van der Waals surface area contributed by atoms with E-state index in [4.69, 9.17) is 11.6 Å².